The average Bonchev–Trinajstić information content (AvgIpc) is 2.95. The number of rotatable bonds is 5. The van der Waals surface area contributed by atoms with Gasteiger partial charge >= 0.3 is 0 Å². The molecule has 22 heavy (non-hydrogen) atoms. The molecule has 9 heteroatoms. The van der Waals surface area contributed by atoms with Crippen molar-refractivity contribution in [2.24, 2.45) is 5.14 Å². The summed E-state index contributed by atoms with van der Waals surface area (Å²) in [6, 6.07) is 6.56. The largest absolute Gasteiger partial charge is 0.360 e. The Balaban J connectivity index is 1.59. The van der Waals surface area contributed by atoms with Gasteiger partial charge in [0.1, 0.15) is 0 Å². The molecule has 0 spiro atoms. The number of benzene rings is 1. The van der Waals surface area contributed by atoms with E-state index in [2.05, 4.69) is 15.4 Å². The van der Waals surface area contributed by atoms with Crippen LogP contribution in [0.1, 0.15) is 11.3 Å². The molecular weight excluding hydrogens is 322 g/mol. The Morgan fingerprint density at radius 3 is 2.68 bits per heavy atom. The molecule has 0 fully saturated rings. The molecule has 0 aliphatic heterocycles. The number of aryl methyl sites for hydroxylation is 1. The molecule has 0 bridgehead atoms. The Kier molecular flexibility index (Phi) is 3.85. The number of sulfonamides is 1. The van der Waals surface area contributed by atoms with E-state index in [0.717, 1.165) is 27.8 Å². The van der Waals surface area contributed by atoms with Gasteiger partial charge in [-0.1, -0.05) is 23.5 Å². The fraction of sp³-hybridized carbons (Fsp3) is 0.231. The van der Waals surface area contributed by atoms with E-state index in [1.54, 1.807) is 16.6 Å². The minimum Gasteiger partial charge on any atom is -0.360 e. The highest BCUT2D eigenvalue weighted by Crippen LogP contribution is 2.19. The average molecular weight is 337 g/mol. The standard InChI is InChI=1S/C13H15N5O2S2/c1-9-8-18-13(16-9)21-12(17-18)15-7-6-10-2-4-11(5-3-10)22(14,19)20/h2-5,8H,6-7H2,1H3,(H,15,17)(H2,14,19,20). The number of nitrogens with zero attached hydrogens (tertiary/aromatic N) is 3. The summed E-state index contributed by atoms with van der Waals surface area (Å²) >= 11 is 1.49. The number of nitrogens with one attached hydrogen (secondary N) is 1. The Labute approximate surface area is 131 Å². The number of aromatic nitrogens is 3. The summed E-state index contributed by atoms with van der Waals surface area (Å²) in [5, 5.41) is 13.5. The molecule has 7 nitrogen and oxygen atoms in total. The van der Waals surface area contributed by atoms with E-state index in [4.69, 9.17) is 5.14 Å². The molecule has 0 aliphatic rings. The third kappa shape index (κ3) is 3.26. The van der Waals surface area contributed by atoms with Crippen molar-refractivity contribution in [1.29, 1.82) is 0 Å². The first-order valence-corrected chi connectivity index (χ1v) is 8.96. The van der Waals surface area contributed by atoms with Gasteiger partial charge in [-0.25, -0.2) is 23.1 Å². The maximum atomic E-state index is 11.2. The zero-order valence-electron chi connectivity index (χ0n) is 11.9. The predicted octanol–water partition coefficient (Wildman–Crippen LogP) is 1.40. The summed E-state index contributed by atoms with van der Waals surface area (Å²) in [6.07, 6.45) is 2.63. The molecule has 1 aromatic carbocycles. The SMILES string of the molecule is Cc1cn2nc(NCCc3ccc(S(N)(=O)=O)cc3)sc2n1. The fourth-order valence-corrected chi connectivity index (χ4v) is 3.41. The van der Waals surface area contributed by atoms with Crippen LogP contribution in [0.3, 0.4) is 0 Å². The molecule has 0 radical (unpaired) electrons. The highest BCUT2D eigenvalue weighted by atomic mass is 32.2. The second kappa shape index (κ2) is 5.67. The molecular formula is C13H15N5O2S2. The minimum absolute atomic E-state index is 0.126. The lowest BCUT2D eigenvalue weighted by Crippen LogP contribution is -2.12. The summed E-state index contributed by atoms with van der Waals surface area (Å²) < 4.78 is 24.1. The highest BCUT2D eigenvalue weighted by molar-refractivity contribution is 7.89. The molecule has 116 valence electrons. The van der Waals surface area contributed by atoms with Gasteiger partial charge in [0.2, 0.25) is 20.1 Å². The Morgan fingerprint density at radius 1 is 1.32 bits per heavy atom. The lowest BCUT2D eigenvalue weighted by atomic mass is 10.1. The number of hydrogen-bond acceptors (Lipinski definition) is 6. The van der Waals surface area contributed by atoms with Crippen LogP contribution >= 0.6 is 11.3 Å². The van der Waals surface area contributed by atoms with E-state index in [-0.39, 0.29) is 4.90 Å². The molecule has 2 aromatic heterocycles. The fourth-order valence-electron chi connectivity index (χ4n) is 2.04. The topological polar surface area (TPSA) is 102 Å². The van der Waals surface area contributed by atoms with Gasteiger partial charge in [-0.3, -0.25) is 0 Å². The summed E-state index contributed by atoms with van der Waals surface area (Å²) in [6.45, 7) is 2.63. The molecule has 0 amide bonds. The third-order valence-corrected chi connectivity index (χ3v) is 4.91. The van der Waals surface area contributed by atoms with E-state index in [1.807, 2.05) is 13.1 Å². The Morgan fingerprint density at radius 2 is 2.05 bits per heavy atom. The second-order valence-electron chi connectivity index (χ2n) is 4.88. The lowest BCUT2D eigenvalue weighted by Gasteiger charge is -2.04. The summed E-state index contributed by atoms with van der Waals surface area (Å²) in [5.41, 5.74) is 1.97. The zero-order valence-corrected chi connectivity index (χ0v) is 13.5. The first-order valence-electron chi connectivity index (χ1n) is 6.60. The molecule has 3 rings (SSSR count). The maximum Gasteiger partial charge on any atom is 0.238 e. The normalized spacial score (nSPS) is 11.9. The van der Waals surface area contributed by atoms with Crippen LogP contribution < -0.4 is 10.5 Å². The lowest BCUT2D eigenvalue weighted by molar-refractivity contribution is 0.598. The zero-order chi connectivity index (χ0) is 15.7. The van der Waals surface area contributed by atoms with Crippen molar-refractivity contribution >= 4 is 31.5 Å². The highest BCUT2D eigenvalue weighted by Gasteiger charge is 2.07. The smallest absolute Gasteiger partial charge is 0.238 e. The molecule has 3 aromatic rings. The van der Waals surface area contributed by atoms with E-state index in [0.29, 0.717) is 6.54 Å². The Hall–Kier alpha value is -1.97. The van der Waals surface area contributed by atoms with Crippen molar-refractivity contribution in [1.82, 2.24) is 14.6 Å². The van der Waals surface area contributed by atoms with Crippen molar-refractivity contribution in [3.05, 3.63) is 41.7 Å². The maximum absolute atomic E-state index is 11.2. The van der Waals surface area contributed by atoms with Crippen LogP contribution in [0.25, 0.3) is 4.96 Å². The van der Waals surface area contributed by atoms with Crippen molar-refractivity contribution in [2.75, 3.05) is 11.9 Å². The van der Waals surface area contributed by atoms with Crippen LogP contribution in [0.4, 0.5) is 5.13 Å². The number of nitrogens with two attached hydrogens (primary N) is 1. The third-order valence-electron chi connectivity index (χ3n) is 3.11. The van der Waals surface area contributed by atoms with Gasteiger partial charge in [-0.05, 0) is 31.0 Å². The van der Waals surface area contributed by atoms with Gasteiger partial charge in [0.05, 0.1) is 16.8 Å². The van der Waals surface area contributed by atoms with Gasteiger partial charge < -0.3 is 5.32 Å². The van der Waals surface area contributed by atoms with Crippen LogP contribution in [-0.2, 0) is 16.4 Å². The van der Waals surface area contributed by atoms with Crippen molar-refractivity contribution < 1.29 is 8.42 Å². The van der Waals surface area contributed by atoms with E-state index in [9.17, 15) is 8.42 Å². The van der Waals surface area contributed by atoms with Gasteiger partial charge in [-0.15, -0.1) is 5.10 Å². The van der Waals surface area contributed by atoms with E-state index >= 15 is 0 Å². The number of anilines is 1. The van der Waals surface area contributed by atoms with Crippen LogP contribution in [0.2, 0.25) is 0 Å². The van der Waals surface area contributed by atoms with E-state index < -0.39 is 10.0 Å². The van der Waals surface area contributed by atoms with Crippen LogP contribution in [-0.4, -0.2) is 29.6 Å². The monoisotopic (exact) mass is 337 g/mol. The number of primary sulfonamides is 1. The van der Waals surface area contributed by atoms with Gasteiger partial charge in [0.25, 0.3) is 0 Å². The summed E-state index contributed by atoms with van der Waals surface area (Å²) in [5.74, 6) is 0. The van der Waals surface area contributed by atoms with Crippen molar-refractivity contribution in [3.63, 3.8) is 0 Å². The Bertz CT molecular complexity index is 865. The molecule has 0 aliphatic carbocycles. The molecule has 0 atom stereocenters. The molecule has 0 saturated carbocycles. The molecule has 2 heterocycles. The first-order chi connectivity index (χ1) is 10.4. The number of hydrogen-bond donors (Lipinski definition) is 2. The van der Waals surface area contributed by atoms with E-state index in [1.165, 1.54) is 23.5 Å². The summed E-state index contributed by atoms with van der Waals surface area (Å²) in [4.78, 5) is 5.33. The van der Waals surface area contributed by atoms with Gasteiger partial charge in [-0.2, -0.15) is 0 Å². The van der Waals surface area contributed by atoms with Crippen LogP contribution in [0.5, 0.6) is 0 Å². The predicted molar refractivity (Wildman–Crippen MR) is 85.6 cm³/mol. The molecule has 3 N–H and O–H groups in total. The summed E-state index contributed by atoms with van der Waals surface area (Å²) in [7, 11) is -3.63. The van der Waals surface area contributed by atoms with Gasteiger partial charge in [0.15, 0.2) is 0 Å². The number of fused-ring (bicyclic) bond motifs is 1. The second-order valence-corrected chi connectivity index (χ2v) is 7.40. The van der Waals surface area contributed by atoms with Crippen molar-refractivity contribution in [3.8, 4) is 0 Å². The molecule has 0 unspecified atom stereocenters. The number of imidazole rings is 1. The van der Waals surface area contributed by atoms with Crippen LogP contribution in [0.15, 0.2) is 35.4 Å². The van der Waals surface area contributed by atoms with Gasteiger partial charge in [0, 0.05) is 6.54 Å². The minimum atomic E-state index is -3.63. The quantitative estimate of drug-likeness (QED) is 0.732. The van der Waals surface area contributed by atoms with Crippen molar-refractivity contribution in [2.45, 2.75) is 18.2 Å². The van der Waals surface area contributed by atoms with Crippen LogP contribution in [0, 0.1) is 6.92 Å². The molecule has 0 saturated heterocycles. The first kappa shape index (κ1) is 14.9.